The van der Waals surface area contributed by atoms with E-state index >= 15 is 0 Å². The third kappa shape index (κ3) is 1.39. The van der Waals surface area contributed by atoms with Crippen molar-refractivity contribution in [3.63, 3.8) is 0 Å². The van der Waals surface area contributed by atoms with E-state index in [2.05, 4.69) is 4.98 Å². The van der Waals surface area contributed by atoms with Gasteiger partial charge in [-0.2, -0.15) is 0 Å². The first kappa shape index (κ1) is 7.35. The van der Waals surface area contributed by atoms with E-state index in [4.69, 9.17) is 17.3 Å². The number of nitrogens with two attached hydrogens (primary N) is 1. The van der Waals surface area contributed by atoms with Crippen LogP contribution < -0.4 is 5.73 Å². The molecule has 2 N–H and O–H groups in total. The lowest BCUT2D eigenvalue weighted by Crippen LogP contribution is -1.91. The van der Waals surface area contributed by atoms with Crippen molar-refractivity contribution in [2.45, 2.75) is 13.3 Å². The standard InChI is InChI=1S/C7H9ClN2/c1-2-7-6(8)3-5(9)4-10-7/h3-4H,2,9H2,1H3. The summed E-state index contributed by atoms with van der Waals surface area (Å²) in [6, 6.07) is 1.72. The lowest BCUT2D eigenvalue weighted by Gasteiger charge is -1.98. The van der Waals surface area contributed by atoms with Gasteiger partial charge in [0, 0.05) is 0 Å². The first-order chi connectivity index (χ1) is 4.74. The SMILES string of the molecule is CCc1ncc(N)cc1Cl. The van der Waals surface area contributed by atoms with Gasteiger partial charge in [-0.3, -0.25) is 4.98 Å². The molecule has 0 spiro atoms. The molecule has 0 aliphatic heterocycles. The number of hydrogen-bond acceptors (Lipinski definition) is 2. The van der Waals surface area contributed by atoms with Gasteiger partial charge in [0.15, 0.2) is 0 Å². The van der Waals surface area contributed by atoms with Crippen LogP contribution in [0.15, 0.2) is 12.3 Å². The first-order valence-corrected chi connectivity index (χ1v) is 3.51. The summed E-state index contributed by atoms with van der Waals surface area (Å²) in [5.41, 5.74) is 6.95. The molecule has 0 amide bonds. The van der Waals surface area contributed by atoms with Gasteiger partial charge in [0.1, 0.15) is 0 Å². The van der Waals surface area contributed by atoms with Crippen molar-refractivity contribution in [1.29, 1.82) is 0 Å². The quantitative estimate of drug-likeness (QED) is 0.675. The average molecular weight is 157 g/mol. The molecular weight excluding hydrogens is 148 g/mol. The van der Waals surface area contributed by atoms with Gasteiger partial charge in [-0.05, 0) is 12.5 Å². The molecule has 10 heavy (non-hydrogen) atoms. The number of anilines is 1. The summed E-state index contributed by atoms with van der Waals surface area (Å²) in [7, 11) is 0. The van der Waals surface area contributed by atoms with Crippen LogP contribution in [0.1, 0.15) is 12.6 Å². The molecule has 0 aliphatic rings. The lowest BCUT2D eigenvalue weighted by atomic mass is 10.3. The van der Waals surface area contributed by atoms with Crippen LogP contribution in [0.3, 0.4) is 0 Å². The van der Waals surface area contributed by atoms with Crippen molar-refractivity contribution in [2.24, 2.45) is 0 Å². The number of aromatic nitrogens is 1. The molecular formula is C7H9ClN2. The van der Waals surface area contributed by atoms with E-state index in [0.29, 0.717) is 10.7 Å². The molecule has 3 heteroatoms. The topological polar surface area (TPSA) is 38.9 Å². The van der Waals surface area contributed by atoms with Gasteiger partial charge in [-0.15, -0.1) is 0 Å². The Morgan fingerprint density at radius 3 is 2.90 bits per heavy atom. The van der Waals surface area contributed by atoms with E-state index in [9.17, 15) is 0 Å². The molecule has 1 aromatic heterocycles. The van der Waals surface area contributed by atoms with Crippen molar-refractivity contribution in [3.8, 4) is 0 Å². The van der Waals surface area contributed by atoms with Crippen LogP contribution in [0.25, 0.3) is 0 Å². The summed E-state index contributed by atoms with van der Waals surface area (Å²) in [5, 5.41) is 0.655. The van der Waals surface area contributed by atoms with E-state index in [1.165, 1.54) is 0 Å². The van der Waals surface area contributed by atoms with Crippen LogP contribution in [-0.2, 0) is 6.42 Å². The van der Waals surface area contributed by atoms with Gasteiger partial charge in [0.2, 0.25) is 0 Å². The van der Waals surface area contributed by atoms with Crippen molar-refractivity contribution >= 4 is 17.3 Å². The van der Waals surface area contributed by atoms with Crippen molar-refractivity contribution in [2.75, 3.05) is 5.73 Å². The maximum atomic E-state index is 5.79. The first-order valence-electron chi connectivity index (χ1n) is 3.14. The van der Waals surface area contributed by atoms with Crippen LogP contribution in [0.5, 0.6) is 0 Å². The molecule has 0 aromatic carbocycles. The predicted octanol–water partition coefficient (Wildman–Crippen LogP) is 1.88. The van der Waals surface area contributed by atoms with Crippen LogP contribution in [0.2, 0.25) is 5.02 Å². The molecule has 0 unspecified atom stereocenters. The van der Waals surface area contributed by atoms with E-state index in [1.54, 1.807) is 12.3 Å². The second kappa shape index (κ2) is 2.88. The molecule has 0 aliphatic carbocycles. The van der Waals surface area contributed by atoms with Gasteiger partial charge in [0.05, 0.1) is 22.6 Å². The fourth-order valence-electron chi connectivity index (χ4n) is 0.741. The average Bonchev–Trinajstić information content (AvgIpc) is 1.88. The van der Waals surface area contributed by atoms with Gasteiger partial charge in [-0.1, -0.05) is 18.5 Å². The Labute approximate surface area is 65.0 Å². The van der Waals surface area contributed by atoms with E-state index in [0.717, 1.165) is 12.1 Å². The summed E-state index contributed by atoms with van der Waals surface area (Å²) in [6.45, 7) is 2.00. The predicted molar refractivity (Wildman–Crippen MR) is 43.0 cm³/mol. The highest BCUT2D eigenvalue weighted by atomic mass is 35.5. The van der Waals surface area contributed by atoms with Gasteiger partial charge in [-0.25, -0.2) is 0 Å². The second-order valence-electron chi connectivity index (χ2n) is 2.05. The maximum absolute atomic E-state index is 5.79. The number of nitrogens with zero attached hydrogens (tertiary/aromatic N) is 1. The number of halogens is 1. The number of aryl methyl sites for hydroxylation is 1. The highest BCUT2D eigenvalue weighted by Gasteiger charge is 1.97. The minimum Gasteiger partial charge on any atom is -0.397 e. The zero-order valence-corrected chi connectivity index (χ0v) is 6.52. The maximum Gasteiger partial charge on any atom is 0.0641 e. The molecule has 0 fully saturated rings. The third-order valence-corrected chi connectivity index (χ3v) is 1.60. The fourth-order valence-corrected chi connectivity index (χ4v) is 1.05. The Bertz CT molecular complexity index is 235. The van der Waals surface area contributed by atoms with Crippen LogP contribution in [0, 0.1) is 0 Å². The number of pyridine rings is 1. The van der Waals surface area contributed by atoms with E-state index in [1.807, 2.05) is 6.92 Å². The summed E-state index contributed by atoms with van der Waals surface area (Å²) < 4.78 is 0. The number of hydrogen-bond donors (Lipinski definition) is 1. The second-order valence-corrected chi connectivity index (χ2v) is 2.46. The van der Waals surface area contributed by atoms with Crippen LogP contribution in [0.4, 0.5) is 5.69 Å². The molecule has 0 saturated heterocycles. The Morgan fingerprint density at radius 1 is 1.70 bits per heavy atom. The molecule has 0 atom stereocenters. The van der Waals surface area contributed by atoms with Gasteiger partial charge >= 0.3 is 0 Å². The minimum atomic E-state index is 0.613. The largest absolute Gasteiger partial charge is 0.397 e. The number of nitrogen functional groups attached to an aromatic ring is 1. The van der Waals surface area contributed by atoms with E-state index in [-0.39, 0.29) is 0 Å². The molecule has 1 rings (SSSR count). The summed E-state index contributed by atoms with van der Waals surface area (Å²) >= 11 is 5.79. The Morgan fingerprint density at radius 2 is 2.40 bits per heavy atom. The zero-order chi connectivity index (χ0) is 7.56. The molecule has 0 radical (unpaired) electrons. The Balaban J connectivity index is 3.07. The van der Waals surface area contributed by atoms with Crippen molar-refractivity contribution < 1.29 is 0 Å². The Hall–Kier alpha value is -0.760. The molecule has 54 valence electrons. The van der Waals surface area contributed by atoms with Crippen LogP contribution >= 0.6 is 11.6 Å². The highest BCUT2D eigenvalue weighted by molar-refractivity contribution is 6.31. The lowest BCUT2D eigenvalue weighted by molar-refractivity contribution is 1.04. The highest BCUT2D eigenvalue weighted by Crippen LogP contribution is 2.16. The monoisotopic (exact) mass is 156 g/mol. The van der Waals surface area contributed by atoms with E-state index < -0.39 is 0 Å². The van der Waals surface area contributed by atoms with Gasteiger partial charge in [0.25, 0.3) is 0 Å². The molecule has 0 saturated carbocycles. The molecule has 2 nitrogen and oxygen atoms in total. The van der Waals surface area contributed by atoms with Gasteiger partial charge < -0.3 is 5.73 Å². The normalized spacial score (nSPS) is 9.80. The third-order valence-electron chi connectivity index (χ3n) is 1.27. The summed E-state index contributed by atoms with van der Waals surface area (Å²) in [5.74, 6) is 0. The zero-order valence-electron chi connectivity index (χ0n) is 5.76. The Kier molecular flexibility index (Phi) is 2.12. The molecule has 1 heterocycles. The molecule has 0 bridgehead atoms. The summed E-state index contributed by atoms with van der Waals surface area (Å²) in [6.07, 6.45) is 2.46. The minimum absolute atomic E-state index is 0.613. The summed E-state index contributed by atoms with van der Waals surface area (Å²) in [4.78, 5) is 4.04. The van der Waals surface area contributed by atoms with Crippen LogP contribution in [-0.4, -0.2) is 4.98 Å². The smallest absolute Gasteiger partial charge is 0.0641 e. The number of rotatable bonds is 1. The van der Waals surface area contributed by atoms with Crippen molar-refractivity contribution in [1.82, 2.24) is 4.98 Å². The molecule has 1 aromatic rings. The van der Waals surface area contributed by atoms with Crippen molar-refractivity contribution in [3.05, 3.63) is 23.0 Å². The fraction of sp³-hybridized carbons (Fsp3) is 0.286.